The number of hydrogen-bond donors (Lipinski definition) is 0. The molecule has 126 valence electrons. The summed E-state index contributed by atoms with van der Waals surface area (Å²) in [6.07, 6.45) is 5.18. The Bertz CT molecular complexity index is 1090. The fraction of sp³-hybridized carbons (Fsp3) is 0.353. The predicted octanol–water partition coefficient (Wildman–Crippen LogP) is 1.84. The number of aryl methyl sites for hydroxylation is 3. The van der Waals surface area contributed by atoms with Gasteiger partial charge < -0.3 is 0 Å². The summed E-state index contributed by atoms with van der Waals surface area (Å²) in [6, 6.07) is 6.05. The zero-order valence-corrected chi connectivity index (χ0v) is 14.3. The maximum Gasteiger partial charge on any atom is 0.177 e. The Morgan fingerprint density at radius 2 is 1.96 bits per heavy atom. The number of aromatic nitrogens is 8. The lowest BCUT2D eigenvalue weighted by atomic mass is 10.1. The highest BCUT2D eigenvalue weighted by Crippen LogP contribution is 2.54. The van der Waals surface area contributed by atoms with E-state index in [0.717, 1.165) is 35.0 Å². The van der Waals surface area contributed by atoms with Crippen LogP contribution in [-0.4, -0.2) is 39.4 Å². The molecule has 0 radical (unpaired) electrons. The zero-order valence-electron chi connectivity index (χ0n) is 14.3. The van der Waals surface area contributed by atoms with E-state index in [1.165, 1.54) is 5.56 Å². The van der Waals surface area contributed by atoms with E-state index in [4.69, 9.17) is 5.10 Å². The number of nitrogens with zero attached hydrogens (tertiary/aromatic N) is 8. The third kappa shape index (κ3) is 2.25. The second kappa shape index (κ2) is 4.98. The van der Waals surface area contributed by atoms with Gasteiger partial charge in [0.15, 0.2) is 11.5 Å². The monoisotopic (exact) mass is 334 g/mol. The van der Waals surface area contributed by atoms with E-state index in [9.17, 15) is 0 Å². The molecule has 1 aliphatic carbocycles. The molecule has 8 heteroatoms. The molecule has 8 nitrogen and oxygen atoms in total. The summed E-state index contributed by atoms with van der Waals surface area (Å²) in [6.45, 7) is 1.90. The first-order valence-corrected chi connectivity index (χ1v) is 8.32. The zero-order chi connectivity index (χ0) is 17.1. The van der Waals surface area contributed by atoms with Crippen LogP contribution >= 0.6 is 0 Å². The molecule has 0 N–H and O–H groups in total. The average Bonchev–Trinajstić information content (AvgIpc) is 2.91. The molecule has 0 amide bonds. The van der Waals surface area contributed by atoms with Gasteiger partial charge in [0.25, 0.3) is 0 Å². The first-order valence-electron chi connectivity index (χ1n) is 8.32. The highest BCUT2D eigenvalue weighted by molar-refractivity contribution is 5.57. The summed E-state index contributed by atoms with van der Waals surface area (Å²) < 4.78 is 5.52. The first-order chi connectivity index (χ1) is 12.1. The summed E-state index contributed by atoms with van der Waals surface area (Å²) in [5.41, 5.74) is 5.03. The van der Waals surface area contributed by atoms with E-state index in [1.54, 1.807) is 4.52 Å². The van der Waals surface area contributed by atoms with Crippen molar-refractivity contribution in [1.82, 2.24) is 39.4 Å². The van der Waals surface area contributed by atoms with E-state index in [-0.39, 0.29) is 0 Å². The average molecular weight is 334 g/mol. The summed E-state index contributed by atoms with van der Waals surface area (Å²) in [5.74, 6) is 1.76. The lowest BCUT2D eigenvalue weighted by Crippen LogP contribution is -2.00. The van der Waals surface area contributed by atoms with Crippen LogP contribution in [0.4, 0.5) is 0 Å². The Hall–Kier alpha value is -3.03. The van der Waals surface area contributed by atoms with Crippen molar-refractivity contribution >= 4 is 5.65 Å². The van der Waals surface area contributed by atoms with Gasteiger partial charge in [-0.05, 0) is 43.0 Å². The van der Waals surface area contributed by atoms with Crippen molar-refractivity contribution in [3.8, 4) is 11.4 Å². The molecule has 2 unspecified atom stereocenters. The minimum Gasteiger partial charge on any atom is -0.276 e. The van der Waals surface area contributed by atoms with E-state index in [1.807, 2.05) is 48.7 Å². The molecule has 0 bridgehead atoms. The van der Waals surface area contributed by atoms with Gasteiger partial charge in [-0.25, -0.2) is 0 Å². The van der Waals surface area contributed by atoms with Gasteiger partial charge >= 0.3 is 0 Å². The Kier molecular flexibility index (Phi) is 2.85. The summed E-state index contributed by atoms with van der Waals surface area (Å²) in [5, 5.41) is 21.8. The molecule has 4 aromatic rings. The third-order valence-electron chi connectivity index (χ3n) is 4.90. The van der Waals surface area contributed by atoms with Crippen molar-refractivity contribution in [2.24, 2.45) is 14.1 Å². The molecule has 0 aromatic carbocycles. The van der Waals surface area contributed by atoms with Crippen LogP contribution in [0.2, 0.25) is 0 Å². The number of fused-ring (bicyclic) bond motifs is 1. The Morgan fingerprint density at radius 1 is 1.08 bits per heavy atom. The highest BCUT2D eigenvalue weighted by atomic mass is 15.4. The van der Waals surface area contributed by atoms with Crippen LogP contribution in [0.15, 0.2) is 30.6 Å². The molecular weight excluding hydrogens is 316 g/mol. The SMILES string of the molecule is Cc1nnc2ccc(-c3cc(C4CC4c4cnn(C)c4)nn3C)nn12. The van der Waals surface area contributed by atoms with E-state index >= 15 is 0 Å². The molecule has 1 saturated carbocycles. The van der Waals surface area contributed by atoms with Crippen molar-refractivity contribution in [3.63, 3.8) is 0 Å². The molecule has 0 saturated heterocycles. The van der Waals surface area contributed by atoms with Crippen LogP contribution in [0, 0.1) is 6.92 Å². The maximum atomic E-state index is 4.73. The standard InChI is InChI=1S/C17H18N8/c1-10-19-20-17-5-4-14(22-25(10)17)16-7-15(21-24(16)3)13-6-12(13)11-8-18-23(2)9-11/h4-5,7-9,12-13H,6H2,1-3H3. The second-order valence-corrected chi connectivity index (χ2v) is 6.71. The molecule has 0 spiro atoms. The van der Waals surface area contributed by atoms with Crippen LogP contribution in [0.1, 0.15) is 35.3 Å². The molecule has 2 atom stereocenters. The summed E-state index contributed by atoms with van der Waals surface area (Å²) >= 11 is 0. The van der Waals surface area contributed by atoms with Gasteiger partial charge in [-0.15, -0.1) is 10.2 Å². The second-order valence-electron chi connectivity index (χ2n) is 6.71. The van der Waals surface area contributed by atoms with Crippen LogP contribution in [0.3, 0.4) is 0 Å². The molecule has 4 heterocycles. The van der Waals surface area contributed by atoms with Crippen LogP contribution in [-0.2, 0) is 14.1 Å². The summed E-state index contributed by atoms with van der Waals surface area (Å²) in [7, 11) is 3.92. The fourth-order valence-corrected chi connectivity index (χ4v) is 3.46. The number of rotatable bonds is 3. The van der Waals surface area contributed by atoms with Gasteiger partial charge in [0.05, 0.1) is 17.6 Å². The predicted molar refractivity (Wildman–Crippen MR) is 91.0 cm³/mol. The van der Waals surface area contributed by atoms with Crippen LogP contribution in [0.5, 0.6) is 0 Å². The Morgan fingerprint density at radius 3 is 2.76 bits per heavy atom. The van der Waals surface area contributed by atoms with Crippen molar-refractivity contribution < 1.29 is 0 Å². The minimum absolute atomic E-state index is 0.463. The lowest BCUT2D eigenvalue weighted by molar-refractivity contribution is 0.741. The molecule has 1 aliphatic rings. The Labute approximate surface area is 144 Å². The highest BCUT2D eigenvalue weighted by Gasteiger charge is 2.42. The maximum absolute atomic E-state index is 4.73. The molecule has 0 aliphatic heterocycles. The van der Waals surface area contributed by atoms with Gasteiger partial charge in [0.1, 0.15) is 5.69 Å². The van der Waals surface area contributed by atoms with Crippen molar-refractivity contribution in [2.45, 2.75) is 25.2 Å². The van der Waals surface area contributed by atoms with Crippen molar-refractivity contribution in [2.75, 3.05) is 0 Å². The number of hydrogen-bond acceptors (Lipinski definition) is 5. The normalized spacial score (nSPS) is 19.6. The van der Waals surface area contributed by atoms with Gasteiger partial charge in [0, 0.05) is 26.2 Å². The minimum atomic E-state index is 0.463. The van der Waals surface area contributed by atoms with E-state index in [2.05, 4.69) is 32.7 Å². The molecule has 1 fully saturated rings. The van der Waals surface area contributed by atoms with E-state index in [0.29, 0.717) is 11.8 Å². The van der Waals surface area contributed by atoms with Crippen molar-refractivity contribution in [1.29, 1.82) is 0 Å². The quantitative estimate of drug-likeness (QED) is 0.571. The van der Waals surface area contributed by atoms with Gasteiger partial charge in [-0.1, -0.05) is 0 Å². The van der Waals surface area contributed by atoms with Crippen molar-refractivity contribution in [3.05, 3.63) is 47.7 Å². The molecule has 5 rings (SSSR count). The van der Waals surface area contributed by atoms with Crippen LogP contribution in [0.25, 0.3) is 17.0 Å². The lowest BCUT2D eigenvalue weighted by Gasteiger charge is -2.01. The van der Waals surface area contributed by atoms with Gasteiger partial charge in [-0.3, -0.25) is 9.36 Å². The molecule has 4 aromatic heterocycles. The van der Waals surface area contributed by atoms with Crippen LogP contribution < -0.4 is 0 Å². The summed E-state index contributed by atoms with van der Waals surface area (Å²) in [4.78, 5) is 0. The largest absolute Gasteiger partial charge is 0.276 e. The smallest absolute Gasteiger partial charge is 0.177 e. The topological polar surface area (TPSA) is 78.7 Å². The third-order valence-corrected chi connectivity index (χ3v) is 4.90. The van der Waals surface area contributed by atoms with Gasteiger partial charge in [-0.2, -0.15) is 19.8 Å². The van der Waals surface area contributed by atoms with Gasteiger partial charge in [0.2, 0.25) is 0 Å². The molecule has 25 heavy (non-hydrogen) atoms. The Balaban J connectivity index is 1.48. The first kappa shape index (κ1) is 14.3. The fourth-order valence-electron chi connectivity index (χ4n) is 3.46. The molecular formula is C17H18N8. The van der Waals surface area contributed by atoms with E-state index < -0.39 is 0 Å².